The summed E-state index contributed by atoms with van der Waals surface area (Å²) in [5.74, 6) is 0.714. The molecule has 0 saturated carbocycles. The molecule has 0 aliphatic heterocycles. The molecule has 1 N–H and O–H groups in total. The molecular formula is C15H23NO3. The van der Waals surface area contributed by atoms with E-state index in [0.717, 1.165) is 18.7 Å². The Balaban J connectivity index is 2.46. The van der Waals surface area contributed by atoms with Crippen LogP contribution in [0.4, 0.5) is 0 Å². The number of ether oxygens (including phenoxy) is 2. The first-order valence-corrected chi connectivity index (χ1v) is 6.59. The van der Waals surface area contributed by atoms with Crippen molar-refractivity contribution in [3.8, 4) is 5.75 Å². The molecule has 0 saturated heterocycles. The lowest BCUT2D eigenvalue weighted by molar-refractivity contribution is -0.141. The topological polar surface area (TPSA) is 47.6 Å². The van der Waals surface area contributed by atoms with Crippen molar-refractivity contribution in [2.75, 3.05) is 26.8 Å². The quantitative estimate of drug-likeness (QED) is 0.605. The molecule has 0 amide bonds. The second-order valence-electron chi connectivity index (χ2n) is 4.41. The molecule has 0 atom stereocenters. The Bertz CT molecular complexity index is 430. The van der Waals surface area contributed by atoms with Crippen LogP contribution < -0.4 is 10.1 Å². The van der Waals surface area contributed by atoms with Crippen molar-refractivity contribution in [3.63, 3.8) is 0 Å². The van der Waals surface area contributed by atoms with Crippen LogP contribution in [0.3, 0.4) is 0 Å². The number of methoxy groups -OCH3 is 1. The summed E-state index contributed by atoms with van der Waals surface area (Å²) in [6, 6.07) is 4.07. The smallest absolute Gasteiger partial charge is 0.319 e. The minimum absolute atomic E-state index is 0.204. The summed E-state index contributed by atoms with van der Waals surface area (Å²) in [4.78, 5) is 11.2. The lowest BCUT2D eigenvalue weighted by Gasteiger charge is -2.12. The summed E-state index contributed by atoms with van der Waals surface area (Å²) in [6.07, 6.45) is 0.885. The van der Waals surface area contributed by atoms with Gasteiger partial charge in [-0.1, -0.05) is 6.07 Å². The Hall–Kier alpha value is -1.55. The van der Waals surface area contributed by atoms with Crippen LogP contribution in [0.25, 0.3) is 0 Å². The normalized spacial score (nSPS) is 10.3. The third-order valence-corrected chi connectivity index (χ3v) is 3.22. The maximum atomic E-state index is 11.2. The Kier molecular flexibility index (Phi) is 6.36. The lowest BCUT2D eigenvalue weighted by Crippen LogP contribution is -2.26. The summed E-state index contributed by atoms with van der Waals surface area (Å²) in [5.41, 5.74) is 3.69. The number of benzene rings is 1. The molecule has 19 heavy (non-hydrogen) atoms. The molecule has 1 aromatic carbocycles. The van der Waals surface area contributed by atoms with Gasteiger partial charge in [0.15, 0.2) is 0 Å². The van der Waals surface area contributed by atoms with Crippen molar-refractivity contribution < 1.29 is 14.3 Å². The van der Waals surface area contributed by atoms with Crippen molar-refractivity contribution in [3.05, 3.63) is 28.8 Å². The molecule has 0 fully saturated rings. The lowest BCUT2D eigenvalue weighted by atomic mass is 10.00. The molecule has 4 heteroatoms. The Morgan fingerprint density at radius 3 is 2.63 bits per heavy atom. The van der Waals surface area contributed by atoms with Crippen LogP contribution in [0.2, 0.25) is 0 Å². The van der Waals surface area contributed by atoms with E-state index in [1.54, 1.807) is 14.0 Å². The van der Waals surface area contributed by atoms with Crippen molar-refractivity contribution in [1.82, 2.24) is 5.32 Å². The van der Waals surface area contributed by atoms with E-state index >= 15 is 0 Å². The fourth-order valence-electron chi connectivity index (χ4n) is 1.97. The van der Waals surface area contributed by atoms with Crippen molar-refractivity contribution in [2.24, 2.45) is 0 Å². The summed E-state index contributed by atoms with van der Waals surface area (Å²) >= 11 is 0. The van der Waals surface area contributed by atoms with Gasteiger partial charge in [0, 0.05) is 0 Å². The molecule has 0 heterocycles. The monoisotopic (exact) mass is 265 g/mol. The van der Waals surface area contributed by atoms with Gasteiger partial charge in [-0.25, -0.2) is 0 Å². The summed E-state index contributed by atoms with van der Waals surface area (Å²) in [5, 5.41) is 3.09. The van der Waals surface area contributed by atoms with E-state index in [4.69, 9.17) is 9.47 Å². The molecule has 0 aliphatic rings. The first-order valence-electron chi connectivity index (χ1n) is 6.59. The highest BCUT2D eigenvalue weighted by molar-refractivity contribution is 5.71. The summed E-state index contributed by atoms with van der Waals surface area (Å²) in [7, 11) is 1.68. The zero-order valence-corrected chi connectivity index (χ0v) is 12.2. The van der Waals surface area contributed by atoms with Gasteiger partial charge < -0.3 is 14.8 Å². The Morgan fingerprint density at radius 2 is 2.00 bits per heavy atom. The van der Waals surface area contributed by atoms with E-state index in [9.17, 15) is 4.79 Å². The number of nitrogens with one attached hydrogen (secondary N) is 1. The summed E-state index contributed by atoms with van der Waals surface area (Å²) in [6.45, 7) is 7.41. The van der Waals surface area contributed by atoms with Gasteiger partial charge in [0.2, 0.25) is 0 Å². The zero-order valence-electron chi connectivity index (χ0n) is 12.2. The number of carbonyl (C=O) groups excluding carboxylic acids is 1. The number of carbonyl (C=O) groups is 1. The van der Waals surface area contributed by atoms with E-state index in [1.807, 2.05) is 6.07 Å². The van der Waals surface area contributed by atoms with Crippen molar-refractivity contribution in [2.45, 2.75) is 27.2 Å². The predicted octanol–water partition coefficient (Wildman–Crippen LogP) is 2.01. The molecule has 0 aliphatic carbocycles. The standard InChI is InChI=1S/C15H23NO3/c1-5-19-15(17)10-16-9-8-13-6-7-14(18-4)12(3)11(13)2/h6-7,16H,5,8-10H2,1-4H3. The average Bonchev–Trinajstić information content (AvgIpc) is 2.40. The van der Waals surface area contributed by atoms with E-state index in [-0.39, 0.29) is 12.5 Å². The average molecular weight is 265 g/mol. The minimum Gasteiger partial charge on any atom is -0.496 e. The van der Waals surface area contributed by atoms with E-state index < -0.39 is 0 Å². The van der Waals surface area contributed by atoms with Crippen LogP contribution in [0, 0.1) is 13.8 Å². The fourth-order valence-corrected chi connectivity index (χ4v) is 1.97. The van der Waals surface area contributed by atoms with Gasteiger partial charge in [-0.05, 0) is 56.5 Å². The van der Waals surface area contributed by atoms with Gasteiger partial charge in [-0.15, -0.1) is 0 Å². The molecule has 4 nitrogen and oxygen atoms in total. The number of hydrogen-bond donors (Lipinski definition) is 1. The highest BCUT2D eigenvalue weighted by atomic mass is 16.5. The highest BCUT2D eigenvalue weighted by Crippen LogP contribution is 2.23. The van der Waals surface area contributed by atoms with Crippen LogP contribution in [0.15, 0.2) is 12.1 Å². The summed E-state index contributed by atoms with van der Waals surface area (Å²) < 4.78 is 10.1. The highest BCUT2D eigenvalue weighted by Gasteiger charge is 2.06. The number of esters is 1. The van der Waals surface area contributed by atoms with E-state index in [2.05, 4.69) is 25.2 Å². The zero-order chi connectivity index (χ0) is 14.3. The molecule has 1 aromatic rings. The van der Waals surface area contributed by atoms with Crippen LogP contribution in [-0.2, 0) is 16.0 Å². The fraction of sp³-hybridized carbons (Fsp3) is 0.533. The molecule has 0 radical (unpaired) electrons. The van der Waals surface area contributed by atoms with Gasteiger partial charge in [0.1, 0.15) is 5.75 Å². The van der Waals surface area contributed by atoms with E-state index in [0.29, 0.717) is 6.61 Å². The largest absolute Gasteiger partial charge is 0.496 e. The minimum atomic E-state index is -0.204. The first kappa shape index (κ1) is 15.5. The molecule has 0 aromatic heterocycles. The molecule has 0 unspecified atom stereocenters. The van der Waals surface area contributed by atoms with Crippen molar-refractivity contribution >= 4 is 5.97 Å². The van der Waals surface area contributed by atoms with Gasteiger partial charge >= 0.3 is 5.97 Å². The molecule has 0 spiro atoms. The molecule has 1 rings (SSSR count). The number of hydrogen-bond acceptors (Lipinski definition) is 4. The predicted molar refractivity (Wildman–Crippen MR) is 75.7 cm³/mol. The molecular weight excluding hydrogens is 242 g/mol. The van der Waals surface area contributed by atoms with Crippen LogP contribution in [0.5, 0.6) is 5.75 Å². The Labute approximate surface area is 115 Å². The molecule has 106 valence electrons. The van der Waals surface area contributed by atoms with Crippen molar-refractivity contribution in [1.29, 1.82) is 0 Å². The van der Waals surface area contributed by atoms with Gasteiger partial charge in [-0.3, -0.25) is 4.79 Å². The Morgan fingerprint density at radius 1 is 1.26 bits per heavy atom. The van der Waals surface area contributed by atoms with Gasteiger partial charge in [0.05, 0.1) is 20.3 Å². The second-order valence-corrected chi connectivity index (χ2v) is 4.41. The molecule has 0 bridgehead atoms. The first-order chi connectivity index (χ1) is 9.10. The second kappa shape index (κ2) is 7.79. The number of rotatable bonds is 7. The third-order valence-electron chi connectivity index (χ3n) is 3.22. The van der Waals surface area contributed by atoms with Crippen LogP contribution in [0.1, 0.15) is 23.6 Å². The van der Waals surface area contributed by atoms with E-state index in [1.165, 1.54) is 16.7 Å². The maximum Gasteiger partial charge on any atom is 0.319 e. The van der Waals surface area contributed by atoms with Gasteiger partial charge in [-0.2, -0.15) is 0 Å². The SMILES string of the molecule is CCOC(=O)CNCCc1ccc(OC)c(C)c1C. The third kappa shape index (κ3) is 4.56. The van der Waals surface area contributed by atoms with Crippen LogP contribution >= 0.6 is 0 Å². The maximum absolute atomic E-state index is 11.2. The van der Waals surface area contributed by atoms with Crippen LogP contribution in [-0.4, -0.2) is 32.8 Å². The van der Waals surface area contributed by atoms with Gasteiger partial charge in [0.25, 0.3) is 0 Å².